The molecule has 0 aliphatic rings. The zero-order valence-corrected chi connectivity index (χ0v) is 17.7. The first-order valence-electron chi connectivity index (χ1n) is 9.60. The van der Waals surface area contributed by atoms with Crippen LogP contribution in [-0.2, 0) is 28.7 Å². The van der Waals surface area contributed by atoms with Crippen molar-refractivity contribution < 1.29 is 38.9 Å². The fraction of sp³-hybridized carbons (Fsp3) is 0.800. The molecule has 3 atom stereocenters. The smallest absolute Gasteiger partial charge is 0.309 e. The van der Waals surface area contributed by atoms with E-state index in [0.29, 0.717) is 12.8 Å². The SMILES string of the molecule is CCC(CC(C)(C)C(=O)O)C(=O)OCCOC(=O)C(C)CC(C)(CC)C(=O)O. The van der Waals surface area contributed by atoms with Crippen LogP contribution in [0.4, 0.5) is 0 Å². The average Bonchev–Trinajstić information content (AvgIpc) is 2.62. The number of ether oxygens (including phenoxy) is 2. The van der Waals surface area contributed by atoms with Crippen LogP contribution < -0.4 is 0 Å². The topological polar surface area (TPSA) is 127 Å². The molecule has 0 aliphatic heterocycles. The first-order valence-corrected chi connectivity index (χ1v) is 9.60. The zero-order chi connectivity index (χ0) is 22.1. The van der Waals surface area contributed by atoms with Gasteiger partial charge in [0.05, 0.1) is 22.7 Å². The van der Waals surface area contributed by atoms with Gasteiger partial charge in [0.25, 0.3) is 0 Å². The van der Waals surface area contributed by atoms with Gasteiger partial charge in [-0.15, -0.1) is 0 Å². The fourth-order valence-electron chi connectivity index (χ4n) is 2.78. The molecule has 0 aromatic rings. The highest BCUT2D eigenvalue weighted by Gasteiger charge is 2.35. The van der Waals surface area contributed by atoms with E-state index >= 15 is 0 Å². The van der Waals surface area contributed by atoms with Crippen LogP contribution in [0.1, 0.15) is 67.2 Å². The molecule has 0 amide bonds. The molecule has 0 saturated heterocycles. The highest BCUT2D eigenvalue weighted by atomic mass is 16.6. The molecule has 28 heavy (non-hydrogen) atoms. The Bertz CT molecular complexity index is 569. The summed E-state index contributed by atoms with van der Waals surface area (Å²) in [6, 6.07) is 0. The van der Waals surface area contributed by atoms with Crippen molar-refractivity contribution in [2.24, 2.45) is 22.7 Å². The van der Waals surface area contributed by atoms with E-state index < -0.39 is 46.5 Å². The molecule has 8 nitrogen and oxygen atoms in total. The molecule has 0 heterocycles. The van der Waals surface area contributed by atoms with Crippen molar-refractivity contribution in [3.05, 3.63) is 0 Å². The van der Waals surface area contributed by atoms with Crippen LogP contribution in [0, 0.1) is 22.7 Å². The van der Waals surface area contributed by atoms with Gasteiger partial charge in [-0.1, -0.05) is 20.8 Å². The van der Waals surface area contributed by atoms with E-state index in [4.69, 9.17) is 9.47 Å². The lowest BCUT2D eigenvalue weighted by atomic mass is 9.79. The number of carbonyl (C=O) groups is 4. The van der Waals surface area contributed by atoms with Crippen LogP contribution in [0.3, 0.4) is 0 Å². The monoisotopic (exact) mass is 402 g/mol. The maximum Gasteiger partial charge on any atom is 0.309 e. The van der Waals surface area contributed by atoms with Crippen LogP contribution in [0.15, 0.2) is 0 Å². The summed E-state index contributed by atoms with van der Waals surface area (Å²) in [5, 5.41) is 18.5. The molecule has 0 rings (SSSR count). The maximum absolute atomic E-state index is 12.1. The van der Waals surface area contributed by atoms with Gasteiger partial charge in [-0.3, -0.25) is 19.2 Å². The van der Waals surface area contributed by atoms with E-state index in [2.05, 4.69) is 0 Å². The third-order valence-corrected chi connectivity index (χ3v) is 5.19. The second-order valence-corrected chi connectivity index (χ2v) is 8.16. The lowest BCUT2D eigenvalue weighted by Gasteiger charge is -2.25. The first kappa shape index (κ1) is 25.9. The molecule has 3 unspecified atom stereocenters. The predicted octanol–water partition coefficient (Wildman–Crippen LogP) is 3.13. The van der Waals surface area contributed by atoms with Crippen molar-refractivity contribution in [3.8, 4) is 0 Å². The number of rotatable bonds is 13. The summed E-state index contributed by atoms with van der Waals surface area (Å²) in [4.78, 5) is 46.7. The van der Waals surface area contributed by atoms with Gasteiger partial charge in [0.1, 0.15) is 13.2 Å². The molecule has 0 radical (unpaired) electrons. The summed E-state index contributed by atoms with van der Waals surface area (Å²) in [5.74, 6) is -4.17. The molecule has 0 aromatic carbocycles. The van der Waals surface area contributed by atoms with E-state index in [9.17, 15) is 29.4 Å². The first-order chi connectivity index (χ1) is 12.8. The molecule has 0 spiro atoms. The quantitative estimate of drug-likeness (QED) is 0.355. The third kappa shape index (κ3) is 7.86. The molecule has 8 heteroatoms. The molecule has 2 N–H and O–H groups in total. The lowest BCUT2D eigenvalue weighted by Crippen LogP contribution is -2.32. The van der Waals surface area contributed by atoms with Crippen molar-refractivity contribution in [2.75, 3.05) is 13.2 Å². The number of esters is 2. The summed E-state index contributed by atoms with van der Waals surface area (Å²) in [7, 11) is 0. The van der Waals surface area contributed by atoms with Crippen molar-refractivity contribution in [1.82, 2.24) is 0 Å². The third-order valence-electron chi connectivity index (χ3n) is 5.19. The average molecular weight is 402 g/mol. The Balaban J connectivity index is 4.46. The van der Waals surface area contributed by atoms with Gasteiger partial charge >= 0.3 is 23.9 Å². The summed E-state index contributed by atoms with van der Waals surface area (Å²) in [6.07, 6.45) is 1.14. The van der Waals surface area contributed by atoms with Crippen LogP contribution in [0.2, 0.25) is 0 Å². The maximum atomic E-state index is 12.1. The van der Waals surface area contributed by atoms with Gasteiger partial charge < -0.3 is 19.7 Å². The molecule has 0 aliphatic carbocycles. The Morgan fingerprint density at radius 3 is 1.75 bits per heavy atom. The highest BCUT2D eigenvalue weighted by molar-refractivity contribution is 5.78. The normalized spacial score (nSPS) is 15.8. The summed E-state index contributed by atoms with van der Waals surface area (Å²) in [5.41, 5.74) is -2.05. The number of carbonyl (C=O) groups excluding carboxylic acids is 2. The standard InChI is InChI=1S/C20H34O8/c1-7-14(12-19(4,5)17(23)24)16(22)28-10-9-27-15(21)13(3)11-20(6,8-2)18(25)26/h13-14H,7-12H2,1-6H3,(H,23,24)(H,25,26). The minimum atomic E-state index is -1.04. The van der Waals surface area contributed by atoms with Crippen molar-refractivity contribution in [2.45, 2.75) is 67.2 Å². The van der Waals surface area contributed by atoms with Crippen molar-refractivity contribution in [3.63, 3.8) is 0 Å². The van der Waals surface area contributed by atoms with Crippen molar-refractivity contribution in [1.29, 1.82) is 0 Å². The predicted molar refractivity (Wildman–Crippen MR) is 102 cm³/mol. The van der Waals surface area contributed by atoms with Crippen molar-refractivity contribution >= 4 is 23.9 Å². The lowest BCUT2D eigenvalue weighted by molar-refractivity contribution is -0.161. The second kappa shape index (κ2) is 11.0. The van der Waals surface area contributed by atoms with E-state index in [1.165, 1.54) is 0 Å². The van der Waals surface area contributed by atoms with E-state index in [1.54, 1.807) is 41.5 Å². The van der Waals surface area contributed by atoms with Crippen LogP contribution in [0.5, 0.6) is 0 Å². The number of carboxylic acid groups (broad SMARTS) is 2. The van der Waals surface area contributed by atoms with Gasteiger partial charge in [-0.2, -0.15) is 0 Å². The molecular weight excluding hydrogens is 368 g/mol. The number of aliphatic carboxylic acids is 2. The molecule has 0 bridgehead atoms. The number of hydrogen-bond donors (Lipinski definition) is 2. The molecule has 162 valence electrons. The number of hydrogen-bond acceptors (Lipinski definition) is 6. The Kier molecular flexibility index (Phi) is 10.2. The van der Waals surface area contributed by atoms with E-state index in [0.717, 1.165) is 0 Å². The number of carboxylic acids is 2. The minimum Gasteiger partial charge on any atom is -0.481 e. The molecule has 0 saturated carbocycles. The van der Waals surface area contributed by atoms with E-state index in [1.807, 2.05) is 0 Å². The Labute approximate surface area is 166 Å². The zero-order valence-electron chi connectivity index (χ0n) is 17.7. The Hall–Kier alpha value is -2.12. The van der Waals surface area contributed by atoms with Gasteiger partial charge in [0, 0.05) is 0 Å². The summed E-state index contributed by atoms with van der Waals surface area (Å²) in [6.45, 7) is 9.55. The minimum absolute atomic E-state index is 0.134. The summed E-state index contributed by atoms with van der Waals surface area (Å²) >= 11 is 0. The van der Waals surface area contributed by atoms with Gasteiger partial charge in [0.15, 0.2) is 0 Å². The largest absolute Gasteiger partial charge is 0.481 e. The Morgan fingerprint density at radius 1 is 0.857 bits per heavy atom. The van der Waals surface area contributed by atoms with Crippen LogP contribution >= 0.6 is 0 Å². The van der Waals surface area contributed by atoms with Gasteiger partial charge in [0.2, 0.25) is 0 Å². The highest BCUT2D eigenvalue weighted by Crippen LogP contribution is 2.31. The van der Waals surface area contributed by atoms with Crippen LogP contribution in [-0.4, -0.2) is 47.3 Å². The molecule has 0 fully saturated rings. The van der Waals surface area contributed by atoms with Crippen LogP contribution in [0.25, 0.3) is 0 Å². The Morgan fingerprint density at radius 2 is 1.36 bits per heavy atom. The second-order valence-electron chi connectivity index (χ2n) is 8.16. The van der Waals surface area contributed by atoms with Gasteiger partial charge in [-0.05, 0) is 46.5 Å². The fourth-order valence-corrected chi connectivity index (χ4v) is 2.78. The molecular formula is C20H34O8. The van der Waals surface area contributed by atoms with Gasteiger partial charge in [-0.25, -0.2) is 0 Å². The summed E-state index contributed by atoms with van der Waals surface area (Å²) < 4.78 is 10.2. The van der Waals surface area contributed by atoms with E-state index in [-0.39, 0.29) is 26.1 Å². The molecule has 0 aromatic heterocycles.